The van der Waals surface area contributed by atoms with Crippen molar-refractivity contribution in [3.05, 3.63) is 22.4 Å². The summed E-state index contributed by atoms with van der Waals surface area (Å²) in [5.41, 5.74) is 0. The van der Waals surface area contributed by atoms with Gasteiger partial charge >= 0.3 is 0 Å². The van der Waals surface area contributed by atoms with Gasteiger partial charge < -0.3 is 15.5 Å². The summed E-state index contributed by atoms with van der Waals surface area (Å²) < 4.78 is 0. The smallest absolute Gasteiger partial charge is 0.261 e. The van der Waals surface area contributed by atoms with Gasteiger partial charge in [0.2, 0.25) is 5.91 Å². The fourth-order valence-electron chi connectivity index (χ4n) is 2.80. The van der Waals surface area contributed by atoms with E-state index in [0.717, 1.165) is 32.5 Å². The number of nitrogens with one attached hydrogen (secondary N) is 2. The van der Waals surface area contributed by atoms with Gasteiger partial charge in [-0.15, -0.1) is 23.7 Å². The van der Waals surface area contributed by atoms with E-state index in [1.165, 1.54) is 17.8 Å². The molecular weight excluding hydrogens is 334 g/mol. The highest BCUT2D eigenvalue weighted by molar-refractivity contribution is 7.12. The van der Waals surface area contributed by atoms with Crippen LogP contribution >= 0.6 is 23.7 Å². The van der Waals surface area contributed by atoms with Crippen LogP contribution < -0.4 is 10.6 Å². The van der Waals surface area contributed by atoms with Gasteiger partial charge in [-0.2, -0.15) is 0 Å². The van der Waals surface area contributed by atoms with Gasteiger partial charge in [-0.3, -0.25) is 9.59 Å². The summed E-state index contributed by atoms with van der Waals surface area (Å²) in [6.45, 7) is 4.39. The van der Waals surface area contributed by atoms with Crippen molar-refractivity contribution in [3.63, 3.8) is 0 Å². The van der Waals surface area contributed by atoms with Crippen molar-refractivity contribution in [1.29, 1.82) is 0 Å². The molecule has 1 aromatic rings. The van der Waals surface area contributed by atoms with E-state index >= 15 is 0 Å². The highest BCUT2D eigenvalue weighted by atomic mass is 35.5. The number of hydrogen-bond acceptors (Lipinski definition) is 4. The quantitative estimate of drug-likeness (QED) is 0.818. The molecule has 2 amide bonds. The van der Waals surface area contributed by atoms with Crippen molar-refractivity contribution in [2.75, 3.05) is 26.7 Å². The number of likely N-dealkylation sites (tertiary alicyclic amines) is 1. The SMILES string of the molecule is CNCCC1CCN(C(=O)C(C)NC(=O)c2cccs2)CC1.Cl. The Bertz CT molecular complexity index is 488. The highest BCUT2D eigenvalue weighted by Gasteiger charge is 2.26. The summed E-state index contributed by atoms with van der Waals surface area (Å²) in [6.07, 6.45) is 3.28. The third kappa shape index (κ3) is 5.79. The molecule has 0 saturated carbocycles. The lowest BCUT2D eigenvalue weighted by atomic mass is 9.93. The standard InChI is InChI=1S/C16H25N3O2S.ClH/c1-12(18-15(20)14-4-3-11-22-14)16(21)19-9-6-13(7-10-19)5-8-17-2;/h3-4,11-13,17H,5-10H2,1-2H3,(H,18,20);1H. The van der Waals surface area contributed by atoms with E-state index in [-0.39, 0.29) is 24.2 Å². The molecule has 5 nitrogen and oxygen atoms in total. The van der Waals surface area contributed by atoms with Crippen molar-refractivity contribution in [2.45, 2.75) is 32.2 Å². The first-order chi connectivity index (χ1) is 10.6. The van der Waals surface area contributed by atoms with E-state index < -0.39 is 6.04 Å². The molecule has 130 valence electrons. The molecule has 1 aromatic heterocycles. The Morgan fingerprint density at radius 1 is 1.39 bits per heavy atom. The monoisotopic (exact) mass is 359 g/mol. The van der Waals surface area contributed by atoms with Crippen molar-refractivity contribution in [1.82, 2.24) is 15.5 Å². The molecule has 2 heterocycles. The van der Waals surface area contributed by atoms with Crippen LogP contribution in [0.2, 0.25) is 0 Å². The molecule has 7 heteroatoms. The first kappa shape index (κ1) is 19.9. The third-order valence-electron chi connectivity index (χ3n) is 4.19. The van der Waals surface area contributed by atoms with Crippen molar-refractivity contribution >= 4 is 35.6 Å². The summed E-state index contributed by atoms with van der Waals surface area (Å²) in [6, 6.07) is 3.13. The molecule has 1 atom stereocenters. The van der Waals surface area contributed by atoms with Crippen LogP contribution in [-0.2, 0) is 4.79 Å². The number of nitrogens with zero attached hydrogens (tertiary/aromatic N) is 1. The molecule has 23 heavy (non-hydrogen) atoms. The Balaban J connectivity index is 0.00000264. The molecule has 2 rings (SSSR count). The molecule has 0 aliphatic carbocycles. The van der Waals surface area contributed by atoms with Crippen LogP contribution in [0.15, 0.2) is 17.5 Å². The van der Waals surface area contributed by atoms with Crippen LogP contribution in [0.5, 0.6) is 0 Å². The Morgan fingerprint density at radius 3 is 2.65 bits per heavy atom. The Kier molecular flexibility index (Phi) is 8.58. The van der Waals surface area contributed by atoms with Gasteiger partial charge in [0.05, 0.1) is 4.88 Å². The molecule has 0 aromatic carbocycles. The number of amides is 2. The van der Waals surface area contributed by atoms with Crippen LogP contribution in [0.3, 0.4) is 0 Å². The normalized spacial score (nSPS) is 16.5. The second kappa shape index (κ2) is 9.90. The first-order valence-corrected chi connectivity index (χ1v) is 8.77. The van der Waals surface area contributed by atoms with Crippen LogP contribution in [0.25, 0.3) is 0 Å². The maximum Gasteiger partial charge on any atom is 0.261 e. The number of piperidine rings is 1. The number of carbonyl (C=O) groups is 2. The summed E-state index contributed by atoms with van der Waals surface area (Å²) >= 11 is 1.39. The van der Waals surface area contributed by atoms with E-state index in [4.69, 9.17) is 0 Å². The van der Waals surface area contributed by atoms with E-state index in [1.54, 1.807) is 13.0 Å². The van der Waals surface area contributed by atoms with Crippen LogP contribution in [0, 0.1) is 5.92 Å². The number of thiophene rings is 1. The fourth-order valence-corrected chi connectivity index (χ4v) is 3.43. The Labute approximate surface area is 148 Å². The predicted molar refractivity (Wildman–Crippen MR) is 96.3 cm³/mol. The minimum absolute atomic E-state index is 0. The average molecular weight is 360 g/mol. The molecule has 1 saturated heterocycles. The number of carbonyl (C=O) groups excluding carboxylic acids is 2. The third-order valence-corrected chi connectivity index (χ3v) is 5.06. The minimum Gasteiger partial charge on any atom is -0.341 e. The van der Waals surface area contributed by atoms with Gasteiger partial charge in [0.1, 0.15) is 6.04 Å². The van der Waals surface area contributed by atoms with Crippen molar-refractivity contribution < 1.29 is 9.59 Å². The maximum absolute atomic E-state index is 12.4. The lowest BCUT2D eigenvalue weighted by molar-refractivity contribution is -0.134. The number of rotatable bonds is 6. The zero-order valence-corrected chi connectivity index (χ0v) is 15.3. The Morgan fingerprint density at radius 2 is 2.09 bits per heavy atom. The summed E-state index contributed by atoms with van der Waals surface area (Å²) in [7, 11) is 1.97. The van der Waals surface area contributed by atoms with Crippen molar-refractivity contribution in [2.24, 2.45) is 5.92 Å². The molecule has 1 aliphatic heterocycles. The zero-order chi connectivity index (χ0) is 15.9. The summed E-state index contributed by atoms with van der Waals surface area (Å²) in [5, 5.41) is 7.83. The summed E-state index contributed by atoms with van der Waals surface area (Å²) in [5.74, 6) is 0.559. The number of halogens is 1. The van der Waals surface area contributed by atoms with Crippen molar-refractivity contribution in [3.8, 4) is 0 Å². The van der Waals surface area contributed by atoms with Gasteiger partial charge in [-0.05, 0) is 57.1 Å². The van der Waals surface area contributed by atoms with Gasteiger partial charge in [-0.25, -0.2) is 0 Å². The number of hydrogen-bond donors (Lipinski definition) is 2. The Hall–Kier alpha value is -1.11. The van der Waals surface area contributed by atoms with Gasteiger partial charge in [0.15, 0.2) is 0 Å². The van der Waals surface area contributed by atoms with E-state index in [0.29, 0.717) is 10.8 Å². The minimum atomic E-state index is -0.469. The second-order valence-corrected chi connectivity index (χ2v) is 6.78. The second-order valence-electron chi connectivity index (χ2n) is 5.83. The molecule has 0 spiro atoms. The van der Waals surface area contributed by atoms with Gasteiger partial charge in [0, 0.05) is 13.1 Å². The largest absolute Gasteiger partial charge is 0.341 e. The van der Waals surface area contributed by atoms with Gasteiger partial charge in [-0.1, -0.05) is 6.07 Å². The molecule has 0 radical (unpaired) electrons. The maximum atomic E-state index is 12.4. The van der Waals surface area contributed by atoms with Gasteiger partial charge in [0.25, 0.3) is 5.91 Å². The topological polar surface area (TPSA) is 61.4 Å². The molecule has 1 unspecified atom stereocenters. The van der Waals surface area contributed by atoms with E-state index in [1.807, 2.05) is 23.4 Å². The molecular formula is C16H26ClN3O2S. The fraction of sp³-hybridized carbons (Fsp3) is 0.625. The van der Waals surface area contributed by atoms with Crippen LogP contribution in [-0.4, -0.2) is 49.4 Å². The van der Waals surface area contributed by atoms with E-state index in [9.17, 15) is 9.59 Å². The zero-order valence-electron chi connectivity index (χ0n) is 13.7. The molecule has 1 aliphatic rings. The van der Waals surface area contributed by atoms with Crippen LogP contribution in [0.4, 0.5) is 0 Å². The molecule has 1 fully saturated rings. The highest BCUT2D eigenvalue weighted by Crippen LogP contribution is 2.20. The van der Waals surface area contributed by atoms with E-state index in [2.05, 4.69) is 10.6 Å². The predicted octanol–water partition coefficient (Wildman–Crippen LogP) is 2.14. The van der Waals surface area contributed by atoms with Crippen LogP contribution in [0.1, 0.15) is 35.9 Å². The lowest BCUT2D eigenvalue weighted by Crippen LogP contribution is -2.49. The first-order valence-electron chi connectivity index (χ1n) is 7.89. The molecule has 0 bridgehead atoms. The summed E-state index contributed by atoms with van der Waals surface area (Å²) in [4.78, 5) is 26.9. The average Bonchev–Trinajstić information content (AvgIpc) is 3.07. The lowest BCUT2D eigenvalue weighted by Gasteiger charge is -2.33. The molecule has 2 N–H and O–H groups in total.